The van der Waals surface area contributed by atoms with Crippen LogP contribution in [0, 0.1) is 5.92 Å². The molecule has 2 fully saturated rings. The number of nitrogens with zero attached hydrogens (tertiary/aromatic N) is 4. The molecule has 4 rings (SSSR count). The second kappa shape index (κ2) is 8.49. The Balaban J connectivity index is 1.71. The molecular weight excluding hydrogens is 406 g/mol. The molecule has 3 heterocycles. The van der Waals surface area contributed by atoms with Gasteiger partial charge in [0.1, 0.15) is 23.3 Å². The number of aromatic nitrogens is 3. The van der Waals surface area contributed by atoms with E-state index in [0.717, 1.165) is 18.4 Å². The molecule has 30 heavy (non-hydrogen) atoms. The van der Waals surface area contributed by atoms with Gasteiger partial charge in [0.25, 0.3) is 5.91 Å². The fourth-order valence-electron chi connectivity index (χ4n) is 3.86. The van der Waals surface area contributed by atoms with Crippen LogP contribution in [-0.2, 0) is 9.53 Å². The highest BCUT2D eigenvalue weighted by molar-refractivity contribution is 6.29. The molecule has 9 heteroatoms. The van der Waals surface area contributed by atoms with Gasteiger partial charge in [0.2, 0.25) is 5.91 Å². The van der Waals surface area contributed by atoms with Crippen molar-refractivity contribution >= 4 is 23.4 Å². The van der Waals surface area contributed by atoms with E-state index < -0.39 is 0 Å². The summed E-state index contributed by atoms with van der Waals surface area (Å²) < 4.78 is 6.12. The van der Waals surface area contributed by atoms with Gasteiger partial charge in [-0.25, -0.2) is 15.0 Å². The van der Waals surface area contributed by atoms with Gasteiger partial charge in [-0.2, -0.15) is 0 Å². The Morgan fingerprint density at radius 2 is 2.07 bits per heavy atom. The van der Waals surface area contributed by atoms with Crippen LogP contribution in [0.25, 0.3) is 11.4 Å². The first-order valence-electron chi connectivity index (χ1n) is 9.78. The second-order valence-electron chi connectivity index (χ2n) is 7.33. The number of morpholine rings is 1. The molecule has 0 aromatic carbocycles. The topological polar surface area (TPSA) is 97.3 Å². The van der Waals surface area contributed by atoms with Crippen molar-refractivity contribution in [3.63, 3.8) is 0 Å². The minimum atomic E-state index is -0.324. The first-order valence-corrected chi connectivity index (χ1v) is 10.2. The average molecular weight is 428 g/mol. The van der Waals surface area contributed by atoms with Crippen molar-refractivity contribution in [1.82, 2.24) is 25.2 Å². The lowest BCUT2D eigenvalue weighted by molar-refractivity contribution is -0.143. The molecule has 1 aliphatic carbocycles. The van der Waals surface area contributed by atoms with Gasteiger partial charge in [-0.15, -0.1) is 0 Å². The van der Waals surface area contributed by atoms with Crippen LogP contribution in [0.3, 0.4) is 0 Å². The molecule has 1 N–H and O–H groups in total. The largest absolute Gasteiger partial charge is 0.370 e. The predicted molar refractivity (Wildman–Crippen MR) is 111 cm³/mol. The van der Waals surface area contributed by atoms with E-state index in [2.05, 4.69) is 26.8 Å². The SMILES string of the molecule is C=CC(=O)N1CCO[C@H](c2cc(Cl)nc(-c3cc(C(=O)NC)ncn3)c2)[C@H]1C1CC1. The molecule has 8 nitrogen and oxygen atoms in total. The molecule has 1 saturated heterocycles. The quantitative estimate of drug-likeness (QED) is 0.581. The van der Waals surface area contributed by atoms with Gasteiger partial charge in [0, 0.05) is 13.6 Å². The van der Waals surface area contributed by atoms with E-state index in [9.17, 15) is 9.59 Å². The van der Waals surface area contributed by atoms with E-state index in [1.165, 1.54) is 19.5 Å². The Kier molecular flexibility index (Phi) is 5.78. The molecule has 156 valence electrons. The normalized spacial score (nSPS) is 21.2. The van der Waals surface area contributed by atoms with Crippen LogP contribution < -0.4 is 5.32 Å². The summed E-state index contributed by atoms with van der Waals surface area (Å²) in [7, 11) is 1.54. The summed E-state index contributed by atoms with van der Waals surface area (Å²) in [5, 5.41) is 2.82. The number of pyridine rings is 1. The zero-order valence-corrected chi connectivity index (χ0v) is 17.3. The summed E-state index contributed by atoms with van der Waals surface area (Å²) in [5.41, 5.74) is 2.04. The molecule has 1 saturated carbocycles. The summed E-state index contributed by atoms with van der Waals surface area (Å²) in [4.78, 5) is 38.8. The van der Waals surface area contributed by atoms with Crippen molar-refractivity contribution < 1.29 is 14.3 Å². The van der Waals surface area contributed by atoms with Gasteiger partial charge in [0.05, 0.1) is 24.0 Å². The molecule has 0 unspecified atom stereocenters. The maximum atomic E-state index is 12.4. The van der Waals surface area contributed by atoms with Crippen LogP contribution in [0.2, 0.25) is 5.15 Å². The Morgan fingerprint density at radius 3 is 2.77 bits per heavy atom. The third-order valence-corrected chi connectivity index (χ3v) is 5.59. The van der Waals surface area contributed by atoms with Crippen LogP contribution in [-0.4, -0.2) is 57.9 Å². The highest BCUT2D eigenvalue weighted by Crippen LogP contribution is 2.44. The predicted octanol–water partition coefficient (Wildman–Crippen LogP) is 2.42. The van der Waals surface area contributed by atoms with Gasteiger partial charge in [0.15, 0.2) is 0 Å². The smallest absolute Gasteiger partial charge is 0.269 e. The summed E-state index contributed by atoms with van der Waals surface area (Å²) in [6, 6.07) is 5.09. The Bertz CT molecular complexity index is 994. The molecular formula is C21H22ClN5O3. The fraction of sp³-hybridized carbons (Fsp3) is 0.381. The monoisotopic (exact) mass is 427 g/mol. The summed E-state index contributed by atoms with van der Waals surface area (Å²) >= 11 is 6.33. The highest BCUT2D eigenvalue weighted by atomic mass is 35.5. The van der Waals surface area contributed by atoms with Crippen molar-refractivity contribution in [2.75, 3.05) is 20.2 Å². The van der Waals surface area contributed by atoms with Gasteiger partial charge in [-0.1, -0.05) is 18.2 Å². The lowest BCUT2D eigenvalue weighted by Gasteiger charge is -2.41. The van der Waals surface area contributed by atoms with E-state index in [0.29, 0.717) is 30.5 Å². The van der Waals surface area contributed by atoms with Gasteiger partial charge in [-0.3, -0.25) is 9.59 Å². The molecule has 2 amide bonds. The van der Waals surface area contributed by atoms with E-state index in [-0.39, 0.29) is 34.8 Å². The van der Waals surface area contributed by atoms with Crippen LogP contribution in [0.5, 0.6) is 0 Å². The van der Waals surface area contributed by atoms with Crippen molar-refractivity contribution in [3.05, 3.63) is 53.6 Å². The maximum absolute atomic E-state index is 12.4. The number of amides is 2. The molecule has 2 aliphatic rings. The Labute approximate surface area is 179 Å². The zero-order valence-electron chi connectivity index (χ0n) is 16.5. The minimum Gasteiger partial charge on any atom is -0.370 e. The van der Waals surface area contributed by atoms with Crippen molar-refractivity contribution in [2.45, 2.75) is 25.0 Å². The number of carbonyl (C=O) groups excluding carboxylic acids is 2. The molecule has 2 aromatic heterocycles. The summed E-state index contributed by atoms with van der Waals surface area (Å²) in [6.45, 7) is 4.60. The number of ether oxygens (including phenoxy) is 1. The third-order valence-electron chi connectivity index (χ3n) is 5.40. The lowest BCUT2D eigenvalue weighted by atomic mass is 9.95. The Morgan fingerprint density at radius 1 is 1.27 bits per heavy atom. The highest BCUT2D eigenvalue weighted by Gasteiger charge is 2.45. The lowest BCUT2D eigenvalue weighted by Crippen LogP contribution is -2.50. The number of nitrogens with one attached hydrogen (secondary N) is 1. The standard InChI is InChI=1S/C21H22ClN5O3/c1-3-18(28)27-6-7-30-20(19(27)12-4-5-12)13-8-15(26-17(22)9-13)14-10-16(21(29)23-2)25-11-24-14/h3,8-12,19-20H,1,4-7H2,2H3,(H,23,29)/t19-,20-/m1/s1. The number of carbonyl (C=O) groups is 2. The van der Waals surface area contributed by atoms with Crippen LogP contribution in [0.15, 0.2) is 37.2 Å². The van der Waals surface area contributed by atoms with E-state index in [1.54, 1.807) is 12.1 Å². The fourth-order valence-corrected chi connectivity index (χ4v) is 4.08. The molecule has 2 aromatic rings. The average Bonchev–Trinajstić information content (AvgIpc) is 3.62. The number of hydrogen-bond donors (Lipinski definition) is 1. The van der Waals surface area contributed by atoms with Gasteiger partial charge >= 0.3 is 0 Å². The zero-order chi connectivity index (χ0) is 21.3. The molecule has 0 spiro atoms. The van der Waals surface area contributed by atoms with Crippen molar-refractivity contribution in [2.24, 2.45) is 5.92 Å². The van der Waals surface area contributed by atoms with E-state index in [1.807, 2.05) is 11.0 Å². The first kappa shape index (κ1) is 20.4. The van der Waals surface area contributed by atoms with E-state index in [4.69, 9.17) is 16.3 Å². The number of hydrogen-bond acceptors (Lipinski definition) is 6. The van der Waals surface area contributed by atoms with Crippen LogP contribution in [0.1, 0.15) is 35.0 Å². The Hall–Kier alpha value is -2.84. The van der Waals surface area contributed by atoms with Gasteiger partial charge in [-0.05, 0) is 48.6 Å². The number of halogens is 1. The van der Waals surface area contributed by atoms with Crippen LogP contribution >= 0.6 is 11.6 Å². The minimum absolute atomic E-state index is 0.0811. The summed E-state index contributed by atoms with van der Waals surface area (Å²) in [6.07, 6.45) is 4.45. The summed E-state index contributed by atoms with van der Waals surface area (Å²) in [5.74, 6) is -0.0241. The van der Waals surface area contributed by atoms with Crippen molar-refractivity contribution in [3.8, 4) is 11.4 Å². The molecule has 2 atom stereocenters. The number of rotatable bonds is 5. The molecule has 1 aliphatic heterocycles. The second-order valence-corrected chi connectivity index (χ2v) is 7.72. The third kappa shape index (κ3) is 4.06. The van der Waals surface area contributed by atoms with Crippen molar-refractivity contribution in [1.29, 1.82) is 0 Å². The van der Waals surface area contributed by atoms with Crippen LogP contribution in [0.4, 0.5) is 0 Å². The maximum Gasteiger partial charge on any atom is 0.269 e. The molecule has 0 bridgehead atoms. The van der Waals surface area contributed by atoms with Gasteiger partial charge < -0.3 is 15.0 Å². The molecule has 0 radical (unpaired) electrons. The van der Waals surface area contributed by atoms with E-state index >= 15 is 0 Å². The first-order chi connectivity index (χ1) is 14.5.